The molecule has 1 fully saturated rings. The van der Waals surface area contributed by atoms with E-state index in [1.807, 2.05) is 0 Å². The highest BCUT2D eigenvalue weighted by Crippen LogP contribution is 2.21. The zero-order valence-electron chi connectivity index (χ0n) is 11.7. The second kappa shape index (κ2) is 7.93. The van der Waals surface area contributed by atoms with E-state index < -0.39 is 20.0 Å². The summed E-state index contributed by atoms with van der Waals surface area (Å²) in [5, 5.41) is 0. The molecule has 20 heavy (non-hydrogen) atoms. The number of sulfonamides is 2. The monoisotopic (exact) mass is 346 g/mol. The second-order valence-corrected chi connectivity index (χ2v) is 9.35. The van der Waals surface area contributed by atoms with E-state index in [0.29, 0.717) is 31.7 Å². The fourth-order valence-corrected chi connectivity index (χ4v) is 4.82. The van der Waals surface area contributed by atoms with Crippen LogP contribution in [0.2, 0.25) is 0 Å². The summed E-state index contributed by atoms with van der Waals surface area (Å²) >= 11 is 5.56. The first kappa shape index (κ1) is 18.2. The summed E-state index contributed by atoms with van der Waals surface area (Å²) in [4.78, 5) is 0. The van der Waals surface area contributed by atoms with Crippen molar-refractivity contribution in [3.05, 3.63) is 0 Å². The van der Waals surface area contributed by atoms with Crippen LogP contribution in [0.15, 0.2) is 0 Å². The molecule has 0 aliphatic carbocycles. The minimum Gasteiger partial charge on any atom is -0.214 e. The van der Waals surface area contributed by atoms with Crippen LogP contribution in [0.3, 0.4) is 0 Å². The summed E-state index contributed by atoms with van der Waals surface area (Å²) in [5.41, 5.74) is 0. The fraction of sp³-hybridized carbons (Fsp3) is 1.00. The van der Waals surface area contributed by atoms with Crippen LogP contribution in [0.4, 0.5) is 0 Å². The van der Waals surface area contributed by atoms with Gasteiger partial charge in [-0.1, -0.05) is 6.42 Å². The Hall–Kier alpha value is 0.110. The van der Waals surface area contributed by atoms with Gasteiger partial charge in [-0.05, 0) is 25.7 Å². The summed E-state index contributed by atoms with van der Waals surface area (Å²) < 4.78 is 50.8. The number of piperidine rings is 1. The first-order valence-corrected chi connectivity index (χ1v) is 10.8. The van der Waals surface area contributed by atoms with Gasteiger partial charge in [-0.15, -0.1) is 11.6 Å². The van der Waals surface area contributed by atoms with Gasteiger partial charge in [0.15, 0.2) is 0 Å². The molecular formula is C11H23ClN2O4S2. The van der Waals surface area contributed by atoms with Crippen LogP contribution in [0, 0.1) is 0 Å². The van der Waals surface area contributed by atoms with Crippen LogP contribution in [0.5, 0.6) is 0 Å². The summed E-state index contributed by atoms with van der Waals surface area (Å²) in [5.74, 6) is 0.531. The number of hydrogen-bond donors (Lipinski definition) is 1. The van der Waals surface area contributed by atoms with Crippen molar-refractivity contribution in [2.75, 3.05) is 31.0 Å². The average Bonchev–Trinajstić information content (AvgIpc) is 2.36. The minimum atomic E-state index is -3.33. The Morgan fingerprint density at radius 2 is 1.90 bits per heavy atom. The molecule has 1 atom stereocenters. The summed E-state index contributed by atoms with van der Waals surface area (Å²) in [7, 11) is -6.63. The molecule has 1 unspecified atom stereocenters. The van der Waals surface area contributed by atoms with Gasteiger partial charge >= 0.3 is 0 Å². The Morgan fingerprint density at radius 1 is 1.20 bits per heavy atom. The van der Waals surface area contributed by atoms with Gasteiger partial charge in [0.2, 0.25) is 20.0 Å². The molecule has 9 heteroatoms. The predicted octanol–water partition coefficient (Wildman–Crippen LogP) is 0.739. The second-order valence-electron chi connectivity index (χ2n) is 5.09. The zero-order chi connectivity index (χ0) is 15.2. The molecule has 0 aromatic carbocycles. The molecule has 0 spiro atoms. The van der Waals surface area contributed by atoms with Crippen molar-refractivity contribution in [1.82, 2.24) is 9.03 Å². The van der Waals surface area contributed by atoms with Crippen molar-refractivity contribution >= 4 is 31.6 Å². The Morgan fingerprint density at radius 3 is 2.50 bits per heavy atom. The molecule has 1 saturated heterocycles. The SMILES string of the molecule is CS(=O)(=O)NCC1CCCCN1S(=O)(=O)CCCCCl. The topological polar surface area (TPSA) is 83.6 Å². The first-order chi connectivity index (χ1) is 9.26. The molecule has 0 radical (unpaired) electrons. The van der Waals surface area contributed by atoms with E-state index in [1.54, 1.807) is 0 Å². The van der Waals surface area contributed by atoms with Gasteiger partial charge in [0.1, 0.15) is 0 Å². The Labute approximate surface area is 127 Å². The maximum Gasteiger partial charge on any atom is 0.214 e. The van der Waals surface area contributed by atoms with Crippen molar-refractivity contribution in [1.29, 1.82) is 0 Å². The lowest BCUT2D eigenvalue weighted by atomic mass is 10.1. The van der Waals surface area contributed by atoms with Crippen molar-refractivity contribution in [2.24, 2.45) is 0 Å². The van der Waals surface area contributed by atoms with Crippen LogP contribution in [0.25, 0.3) is 0 Å². The van der Waals surface area contributed by atoms with Crippen LogP contribution in [-0.4, -0.2) is 58.2 Å². The third-order valence-electron chi connectivity index (χ3n) is 3.30. The third kappa shape index (κ3) is 6.26. The molecule has 1 heterocycles. The van der Waals surface area contributed by atoms with Crippen LogP contribution >= 0.6 is 11.6 Å². The third-order valence-corrected chi connectivity index (χ3v) is 6.26. The number of unbranched alkanes of at least 4 members (excludes halogenated alkanes) is 1. The lowest BCUT2D eigenvalue weighted by Crippen LogP contribution is -2.49. The normalized spacial score (nSPS) is 22.0. The Balaban J connectivity index is 2.67. The summed E-state index contributed by atoms with van der Waals surface area (Å²) in [6, 6.07) is -0.278. The number of hydrogen-bond acceptors (Lipinski definition) is 4. The largest absolute Gasteiger partial charge is 0.214 e. The quantitative estimate of drug-likeness (QED) is 0.519. The minimum absolute atomic E-state index is 0.0785. The van der Waals surface area contributed by atoms with Crippen LogP contribution in [-0.2, 0) is 20.0 Å². The van der Waals surface area contributed by atoms with Crippen molar-refractivity contribution in [2.45, 2.75) is 38.1 Å². The number of halogens is 1. The Kier molecular flexibility index (Phi) is 7.20. The highest BCUT2D eigenvalue weighted by Gasteiger charge is 2.32. The standard InChI is InChI=1S/C11H23ClN2O4S2/c1-19(15,16)13-10-11-6-2-4-8-14(11)20(17,18)9-5-3-7-12/h11,13H,2-10H2,1H3. The van der Waals surface area contributed by atoms with Crippen molar-refractivity contribution in [3.63, 3.8) is 0 Å². The summed E-state index contributed by atoms with van der Waals surface area (Å²) in [6.07, 6.45) is 4.72. The molecule has 0 aromatic heterocycles. The van der Waals surface area contributed by atoms with E-state index in [4.69, 9.17) is 11.6 Å². The molecule has 0 saturated carbocycles. The average molecular weight is 347 g/mol. The number of rotatable bonds is 8. The number of alkyl halides is 1. The lowest BCUT2D eigenvalue weighted by Gasteiger charge is -2.34. The van der Waals surface area contributed by atoms with E-state index in [2.05, 4.69) is 4.72 Å². The van der Waals surface area contributed by atoms with E-state index in [9.17, 15) is 16.8 Å². The van der Waals surface area contributed by atoms with Gasteiger partial charge in [0.05, 0.1) is 12.0 Å². The van der Waals surface area contributed by atoms with Gasteiger partial charge in [0, 0.05) is 25.0 Å². The zero-order valence-corrected chi connectivity index (χ0v) is 14.1. The lowest BCUT2D eigenvalue weighted by molar-refractivity contribution is 0.253. The van der Waals surface area contributed by atoms with Gasteiger partial charge in [-0.25, -0.2) is 21.6 Å². The van der Waals surface area contributed by atoms with Gasteiger partial charge < -0.3 is 0 Å². The van der Waals surface area contributed by atoms with Gasteiger partial charge in [0.25, 0.3) is 0 Å². The first-order valence-electron chi connectivity index (χ1n) is 6.76. The smallest absolute Gasteiger partial charge is 0.214 e. The van der Waals surface area contributed by atoms with Gasteiger partial charge in [-0.3, -0.25) is 0 Å². The molecule has 1 aliphatic heterocycles. The Bertz CT molecular complexity index is 493. The van der Waals surface area contributed by atoms with E-state index in [-0.39, 0.29) is 18.3 Å². The highest BCUT2D eigenvalue weighted by molar-refractivity contribution is 7.89. The molecule has 1 rings (SSSR count). The van der Waals surface area contributed by atoms with Crippen molar-refractivity contribution < 1.29 is 16.8 Å². The number of nitrogens with zero attached hydrogens (tertiary/aromatic N) is 1. The molecular weight excluding hydrogens is 324 g/mol. The van der Waals surface area contributed by atoms with Crippen molar-refractivity contribution in [3.8, 4) is 0 Å². The fourth-order valence-electron chi connectivity index (χ4n) is 2.29. The number of nitrogens with one attached hydrogen (secondary N) is 1. The van der Waals surface area contributed by atoms with Gasteiger partial charge in [-0.2, -0.15) is 4.31 Å². The van der Waals surface area contributed by atoms with Crippen LogP contribution in [0.1, 0.15) is 32.1 Å². The predicted molar refractivity (Wildman–Crippen MR) is 80.9 cm³/mol. The molecule has 0 aromatic rings. The molecule has 1 aliphatic rings. The van der Waals surface area contributed by atoms with Crippen LogP contribution < -0.4 is 4.72 Å². The molecule has 0 bridgehead atoms. The molecule has 0 amide bonds. The molecule has 120 valence electrons. The molecule has 1 N–H and O–H groups in total. The molecule has 6 nitrogen and oxygen atoms in total. The van der Waals surface area contributed by atoms with E-state index in [1.165, 1.54) is 4.31 Å². The van der Waals surface area contributed by atoms with E-state index in [0.717, 1.165) is 19.1 Å². The maximum absolute atomic E-state index is 12.3. The summed E-state index contributed by atoms with van der Waals surface area (Å²) in [6.45, 7) is 0.618. The van der Waals surface area contributed by atoms with E-state index >= 15 is 0 Å². The maximum atomic E-state index is 12.3. The highest BCUT2D eigenvalue weighted by atomic mass is 35.5.